The average molecular weight is 520 g/mol. The number of hydrogen-bond acceptors (Lipinski definition) is 6. The van der Waals surface area contributed by atoms with E-state index in [0.717, 1.165) is 87.8 Å². The van der Waals surface area contributed by atoms with Crippen LogP contribution in [0.2, 0.25) is 0 Å². The Morgan fingerprint density at radius 2 is 1.64 bits per heavy atom. The number of amides is 1. The fourth-order valence-corrected chi connectivity index (χ4v) is 7.13. The van der Waals surface area contributed by atoms with Crippen LogP contribution in [0.4, 0.5) is 0 Å². The van der Waals surface area contributed by atoms with E-state index < -0.39 is 10.0 Å². The molecule has 1 aliphatic carbocycles. The highest BCUT2D eigenvalue weighted by atomic mass is 32.2. The maximum Gasteiger partial charge on any atom is 0.272 e. The predicted octanol–water partition coefficient (Wildman–Crippen LogP) is 3.50. The first-order valence-electron chi connectivity index (χ1n) is 13.9. The second-order valence-corrected chi connectivity index (χ2v) is 13.6. The Labute approximate surface area is 217 Å². The highest BCUT2D eigenvalue weighted by molar-refractivity contribution is 7.88. The van der Waals surface area contributed by atoms with Gasteiger partial charge in [0.2, 0.25) is 10.0 Å². The maximum absolute atomic E-state index is 13.4. The van der Waals surface area contributed by atoms with Crippen molar-refractivity contribution in [3.8, 4) is 0 Å². The number of carbonyl (C=O) groups excluding carboxylic acids is 1. The molecule has 0 aromatic carbocycles. The standard InChI is InChI=1S/C27H45N5O3S/c1-20-5-7-22(8-6-20)9-10-25-21(2)26(29-19-28-25)27(33)32-17-13-24(14-18-32)31-15-11-23(12-16-31)30(3)36(4,34)35/h19-20,22-24H,5-18H2,1-4H3. The van der Waals surface area contributed by atoms with Crippen molar-refractivity contribution in [3.05, 3.63) is 23.3 Å². The maximum atomic E-state index is 13.4. The van der Waals surface area contributed by atoms with Crippen LogP contribution in [-0.2, 0) is 16.4 Å². The summed E-state index contributed by atoms with van der Waals surface area (Å²) in [7, 11) is -1.45. The lowest BCUT2D eigenvalue weighted by Gasteiger charge is -2.43. The number of hydrogen-bond donors (Lipinski definition) is 0. The summed E-state index contributed by atoms with van der Waals surface area (Å²) in [6, 6.07) is 0.549. The van der Waals surface area contributed by atoms with Crippen LogP contribution in [-0.4, -0.2) is 90.0 Å². The van der Waals surface area contributed by atoms with E-state index in [-0.39, 0.29) is 11.9 Å². The normalized spacial score (nSPS) is 25.4. The molecule has 3 aliphatic rings. The molecule has 0 bridgehead atoms. The number of piperidine rings is 2. The largest absolute Gasteiger partial charge is 0.337 e. The minimum atomic E-state index is -3.15. The van der Waals surface area contributed by atoms with E-state index in [0.29, 0.717) is 11.7 Å². The summed E-state index contributed by atoms with van der Waals surface area (Å²) in [5.41, 5.74) is 2.55. The van der Waals surface area contributed by atoms with Crippen molar-refractivity contribution in [2.24, 2.45) is 11.8 Å². The zero-order valence-electron chi connectivity index (χ0n) is 22.7. The van der Waals surface area contributed by atoms with Crippen molar-refractivity contribution in [2.45, 2.75) is 90.1 Å². The molecule has 0 atom stereocenters. The Balaban J connectivity index is 1.27. The van der Waals surface area contributed by atoms with Crippen LogP contribution in [0.1, 0.15) is 86.5 Å². The molecular weight excluding hydrogens is 474 g/mol. The Morgan fingerprint density at radius 1 is 1.00 bits per heavy atom. The molecule has 2 aliphatic heterocycles. The van der Waals surface area contributed by atoms with Crippen LogP contribution < -0.4 is 0 Å². The fraction of sp³-hybridized carbons (Fsp3) is 0.815. The Bertz CT molecular complexity index is 993. The summed E-state index contributed by atoms with van der Waals surface area (Å²) in [5, 5.41) is 0. The summed E-state index contributed by atoms with van der Waals surface area (Å²) in [4.78, 5) is 26.8. The van der Waals surface area contributed by atoms with E-state index in [4.69, 9.17) is 0 Å². The van der Waals surface area contributed by atoms with Gasteiger partial charge in [-0.1, -0.05) is 32.6 Å². The summed E-state index contributed by atoms with van der Waals surface area (Å²) in [5.74, 6) is 1.68. The summed E-state index contributed by atoms with van der Waals surface area (Å²) in [6.07, 6.45) is 13.9. The van der Waals surface area contributed by atoms with Gasteiger partial charge in [-0.15, -0.1) is 0 Å². The van der Waals surface area contributed by atoms with Crippen molar-refractivity contribution < 1.29 is 13.2 Å². The van der Waals surface area contributed by atoms with Crippen LogP contribution in [0.5, 0.6) is 0 Å². The summed E-state index contributed by atoms with van der Waals surface area (Å²) >= 11 is 0. The number of carbonyl (C=O) groups is 1. The van der Waals surface area contributed by atoms with E-state index in [2.05, 4.69) is 21.8 Å². The highest BCUT2D eigenvalue weighted by Gasteiger charge is 2.33. The molecule has 4 rings (SSSR count). The number of nitrogens with zero attached hydrogens (tertiary/aromatic N) is 5. The molecule has 9 heteroatoms. The fourth-order valence-electron chi connectivity index (χ4n) is 6.38. The van der Waals surface area contributed by atoms with Crippen LogP contribution in [0, 0.1) is 18.8 Å². The summed E-state index contributed by atoms with van der Waals surface area (Å²) < 4.78 is 25.2. The first-order chi connectivity index (χ1) is 17.1. The number of likely N-dealkylation sites (tertiary alicyclic amines) is 2. The van der Waals surface area contributed by atoms with Crippen molar-refractivity contribution in [2.75, 3.05) is 39.5 Å². The monoisotopic (exact) mass is 519 g/mol. The quantitative estimate of drug-likeness (QED) is 0.548. The molecule has 0 radical (unpaired) electrons. The van der Waals surface area contributed by atoms with Gasteiger partial charge in [0, 0.05) is 43.5 Å². The molecule has 3 heterocycles. The Hall–Kier alpha value is -1.58. The van der Waals surface area contributed by atoms with E-state index in [1.54, 1.807) is 13.4 Å². The van der Waals surface area contributed by atoms with Gasteiger partial charge < -0.3 is 9.80 Å². The number of sulfonamides is 1. The van der Waals surface area contributed by atoms with Crippen LogP contribution in [0.25, 0.3) is 0 Å². The van der Waals surface area contributed by atoms with Crippen molar-refractivity contribution >= 4 is 15.9 Å². The lowest BCUT2D eigenvalue weighted by atomic mass is 9.80. The average Bonchev–Trinajstić information content (AvgIpc) is 2.88. The van der Waals surface area contributed by atoms with Crippen LogP contribution >= 0.6 is 0 Å². The molecule has 1 amide bonds. The molecule has 1 saturated carbocycles. The zero-order valence-corrected chi connectivity index (χ0v) is 23.5. The second-order valence-electron chi connectivity index (χ2n) is 11.5. The van der Waals surface area contributed by atoms with Crippen molar-refractivity contribution in [3.63, 3.8) is 0 Å². The molecule has 0 unspecified atom stereocenters. The number of aryl methyl sites for hydroxylation is 1. The minimum Gasteiger partial charge on any atom is -0.337 e. The topological polar surface area (TPSA) is 86.7 Å². The first-order valence-corrected chi connectivity index (χ1v) is 15.7. The van der Waals surface area contributed by atoms with Crippen LogP contribution in [0.15, 0.2) is 6.33 Å². The van der Waals surface area contributed by atoms with Crippen LogP contribution in [0.3, 0.4) is 0 Å². The van der Waals surface area contributed by atoms with E-state index in [9.17, 15) is 13.2 Å². The minimum absolute atomic E-state index is 0.0366. The molecular formula is C27H45N5O3S. The first kappa shape index (κ1) is 27.5. The van der Waals surface area contributed by atoms with Gasteiger partial charge in [0.25, 0.3) is 5.91 Å². The molecule has 1 aromatic heterocycles. The SMILES string of the molecule is Cc1c(CCC2CCC(C)CC2)ncnc1C(=O)N1CCC(N2CCC(N(C)S(C)(=O)=O)CC2)CC1. The molecule has 2 saturated heterocycles. The molecule has 8 nitrogen and oxygen atoms in total. The van der Waals surface area contributed by atoms with Gasteiger partial charge in [-0.05, 0) is 70.4 Å². The lowest BCUT2D eigenvalue weighted by Crippen LogP contribution is -2.52. The van der Waals surface area contributed by atoms with E-state index in [1.165, 1.54) is 36.2 Å². The highest BCUT2D eigenvalue weighted by Crippen LogP contribution is 2.31. The van der Waals surface area contributed by atoms with Gasteiger partial charge in [0.15, 0.2) is 0 Å². The summed E-state index contributed by atoms with van der Waals surface area (Å²) in [6.45, 7) is 7.68. The molecule has 3 fully saturated rings. The third-order valence-electron chi connectivity index (χ3n) is 9.12. The lowest BCUT2D eigenvalue weighted by molar-refractivity contribution is 0.0542. The zero-order chi connectivity index (χ0) is 25.9. The van der Waals surface area contributed by atoms with Gasteiger partial charge in [0.1, 0.15) is 12.0 Å². The van der Waals surface area contributed by atoms with Gasteiger partial charge in [-0.25, -0.2) is 22.7 Å². The Kier molecular flexibility index (Phi) is 9.05. The van der Waals surface area contributed by atoms with E-state index >= 15 is 0 Å². The number of aromatic nitrogens is 2. The molecule has 202 valence electrons. The van der Waals surface area contributed by atoms with E-state index in [1.807, 2.05) is 11.8 Å². The molecule has 0 N–H and O–H groups in total. The Morgan fingerprint density at radius 3 is 2.25 bits per heavy atom. The third-order valence-corrected chi connectivity index (χ3v) is 10.5. The van der Waals surface area contributed by atoms with Gasteiger partial charge >= 0.3 is 0 Å². The third kappa shape index (κ3) is 6.64. The molecule has 1 aromatic rings. The predicted molar refractivity (Wildman–Crippen MR) is 142 cm³/mol. The van der Waals surface area contributed by atoms with Crippen molar-refractivity contribution in [1.82, 2.24) is 24.1 Å². The molecule has 0 spiro atoms. The number of rotatable bonds is 7. The molecule has 36 heavy (non-hydrogen) atoms. The second kappa shape index (κ2) is 11.9. The van der Waals surface area contributed by atoms with Gasteiger partial charge in [-0.2, -0.15) is 0 Å². The van der Waals surface area contributed by atoms with Crippen molar-refractivity contribution in [1.29, 1.82) is 0 Å². The van der Waals surface area contributed by atoms with Gasteiger partial charge in [-0.3, -0.25) is 4.79 Å². The van der Waals surface area contributed by atoms with Gasteiger partial charge in [0.05, 0.1) is 6.26 Å². The smallest absolute Gasteiger partial charge is 0.272 e.